The SMILES string of the molecule is COc1cccc(-c2nc3ccccc3n([C@H]3C[C@H]4CCC[C@@H](C3)N4[C@@]34C[C@@H]5CCC3[C@@H](C5)C4)c2=O)n1. The number of ether oxygens (including phenoxy) is 1. The number of piperidine rings is 2. The first-order valence-corrected chi connectivity index (χ1v) is 14.5. The molecule has 6 fully saturated rings. The van der Waals surface area contributed by atoms with Crippen LogP contribution in [0, 0.1) is 17.8 Å². The summed E-state index contributed by atoms with van der Waals surface area (Å²) in [7, 11) is 1.60. The summed E-state index contributed by atoms with van der Waals surface area (Å²) >= 11 is 0. The number of fused-ring (bicyclic) bond motifs is 4. The number of aromatic nitrogens is 3. The van der Waals surface area contributed by atoms with Gasteiger partial charge in [-0.05, 0) is 87.3 Å². The maximum atomic E-state index is 14.2. The van der Waals surface area contributed by atoms with Gasteiger partial charge < -0.3 is 9.30 Å². The molecule has 7 atom stereocenters. The van der Waals surface area contributed by atoms with Crippen LogP contribution < -0.4 is 10.3 Å². The van der Waals surface area contributed by atoms with Crippen LogP contribution in [-0.4, -0.2) is 44.2 Å². The normalized spacial score (nSPS) is 36.4. The summed E-state index contributed by atoms with van der Waals surface area (Å²) < 4.78 is 7.44. The molecule has 0 radical (unpaired) electrons. The third-order valence-corrected chi connectivity index (χ3v) is 10.8. The molecule has 1 aromatic carbocycles. The van der Waals surface area contributed by atoms with E-state index in [2.05, 4.69) is 20.5 Å². The maximum absolute atomic E-state index is 14.2. The van der Waals surface area contributed by atoms with Gasteiger partial charge in [0.25, 0.3) is 5.56 Å². The lowest BCUT2D eigenvalue weighted by Gasteiger charge is -2.73. The van der Waals surface area contributed by atoms with Crippen molar-refractivity contribution in [3.8, 4) is 17.3 Å². The average Bonchev–Trinajstić information content (AvgIpc) is 2.92. The minimum atomic E-state index is -0.0189. The molecule has 3 aromatic rings. The van der Waals surface area contributed by atoms with E-state index in [9.17, 15) is 4.79 Å². The van der Waals surface area contributed by atoms with Gasteiger partial charge in [0.15, 0.2) is 5.69 Å². The van der Waals surface area contributed by atoms with E-state index in [4.69, 9.17) is 9.72 Å². The fourth-order valence-electron chi connectivity index (χ4n) is 9.70. The van der Waals surface area contributed by atoms with Crippen LogP contribution in [0.3, 0.4) is 0 Å². The Kier molecular flexibility index (Phi) is 4.90. The summed E-state index contributed by atoms with van der Waals surface area (Å²) in [5.41, 5.74) is 3.28. The lowest BCUT2D eigenvalue weighted by atomic mass is 9.42. The summed E-state index contributed by atoms with van der Waals surface area (Å²) in [6.07, 6.45) is 13.3. The largest absolute Gasteiger partial charge is 0.481 e. The van der Waals surface area contributed by atoms with Crippen molar-refractivity contribution in [2.24, 2.45) is 17.8 Å². The molecular weight excluding hydrogens is 460 g/mol. The Morgan fingerprint density at radius 3 is 2.49 bits per heavy atom. The Hall–Kier alpha value is -2.73. The molecule has 6 nitrogen and oxygen atoms in total. The Morgan fingerprint density at radius 1 is 0.892 bits per heavy atom. The van der Waals surface area contributed by atoms with E-state index in [1.807, 2.05) is 36.4 Å². The Labute approximate surface area is 218 Å². The summed E-state index contributed by atoms with van der Waals surface area (Å²) in [6.45, 7) is 0. The van der Waals surface area contributed by atoms with Crippen molar-refractivity contribution < 1.29 is 4.74 Å². The number of hydrogen-bond acceptors (Lipinski definition) is 5. The number of rotatable bonds is 4. The number of methoxy groups -OCH3 is 1. The van der Waals surface area contributed by atoms with E-state index < -0.39 is 0 Å². The third-order valence-electron chi connectivity index (χ3n) is 10.8. The first-order valence-electron chi connectivity index (χ1n) is 14.5. The van der Waals surface area contributed by atoms with Gasteiger partial charge in [-0.3, -0.25) is 9.69 Å². The average molecular weight is 497 g/mol. The number of pyridine rings is 1. The van der Waals surface area contributed by atoms with Crippen LogP contribution in [0.25, 0.3) is 22.4 Å². The zero-order chi connectivity index (χ0) is 24.7. The highest BCUT2D eigenvalue weighted by molar-refractivity contribution is 5.77. The molecule has 1 unspecified atom stereocenters. The molecule has 6 heteroatoms. The van der Waals surface area contributed by atoms with Gasteiger partial charge in [0, 0.05) is 29.7 Å². The van der Waals surface area contributed by atoms with E-state index in [1.165, 1.54) is 51.4 Å². The van der Waals surface area contributed by atoms with Gasteiger partial charge in [0.05, 0.1) is 23.8 Å². The summed E-state index contributed by atoms with van der Waals surface area (Å²) in [5, 5.41) is 0. The van der Waals surface area contributed by atoms with Gasteiger partial charge in [0.1, 0.15) is 0 Å². The van der Waals surface area contributed by atoms with Crippen molar-refractivity contribution in [2.75, 3.05) is 7.11 Å². The second-order valence-electron chi connectivity index (χ2n) is 12.5. The molecule has 0 amide bonds. The number of para-hydroxylation sites is 2. The van der Waals surface area contributed by atoms with Gasteiger partial charge in [-0.2, -0.15) is 0 Å². The molecule has 0 N–H and O–H groups in total. The van der Waals surface area contributed by atoms with Crippen LogP contribution >= 0.6 is 0 Å². The third kappa shape index (κ3) is 3.17. The number of benzene rings is 1. The molecule has 2 saturated heterocycles. The molecule has 6 aliphatic rings. The topological polar surface area (TPSA) is 60.2 Å². The minimum Gasteiger partial charge on any atom is -0.481 e. The first-order chi connectivity index (χ1) is 18.1. The van der Waals surface area contributed by atoms with Crippen LogP contribution in [0.1, 0.15) is 70.3 Å². The predicted molar refractivity (Wildman–Crippen MR) is 144 cm³/mol. The Balaban J connectivity index is 1.20. The van der Waals surface area contributed by atoms with Gasteiger partial charge in [0.2, 0.25) is 5.88 Å². The van der Waals surface area contributed by atoms with Gasteiger partial charge in [-0.1, -0.05) is 31.0 Å². The van der Waals surface area contributed by atoms with E-state index in [1.54, 1.807) is 7.11 Å². The standard InChI is InChI=1S/C31H36N4O2/c1-37-28-11-5-9-26(32-28)29-30(36)34(27-10-3-2-8-25(27)33-29)23-15-21-6-4-7-22(16-23)35(21)31-17-19-12-13-24(31)20(14-19)18-31/h2-3,5,8-11,19-24H,4,6-7,12-18H2,1H3/t19-,20+,21-,22+,23+,24?,31-/m1/s1. The summed E-state index contributed by atoms with van der Waals surface area (Å²) in [6, 6.07) is 15.1. The summed E-state index contributed by atoms with van der Waals surface area (Å²) in [4.78, 5) is 26.6. The van der Waals surface area contributed by atoms with Crippen LogP contribution in [0.15, 0.2) is 47.3 Å². The molecule has 9 rings (SSSR count). The van der Waals surface area contributed by atoms with Crippen molar-refractivity contribution in [1.29, 1.82) is 0 Å². The van der Waals surface area contributed by atoms with Crippen molar-refractivity contribution in [3.05, 3.63) is 52.8 Å². The van der Waals surface area contributed by atoms with Gasteiger partial charge in [-0.15, -0.1) is 0 Å². The monoisotopic (exact) mass is 496 g/mol. The van der Waals surface area contributed by atoms with Crippen LogP contribution in [0.4, 0.5) is 0 Å². The van der Waals surface area contributed by atoms with Gasteiger partial charge >= 0.3 is 0 Å². The highest BCUT2D eigenvalue weighted by atomic mass is 16.5. The van der Waals surface area contributed by atoms with Gasteiger partial charge in [-0.25, -0.2) is 9.97 Å². The zero-order valence-corrected chi connectivity index (χ0v) is 21.7. The van der Waals surface area contributed by atoms with Crippen LogP contribution in [0.5, 0.6) is 5.88 Å². The molecule has 4 heterocycles. The second kappa shape index (κ2) is 8.13. The molecule has 0 spiro atoms. The molecule has 6 bridgehead atoms. The highest BCUT2D eigenvalue weighted by Gasteiger charge is 2.65. The quantitative estimate of drug-likeness (QED) is 0.470. The lowest BCUT2D eigenvalue weighted by molar-refractivity contribution is -0.221. The fourth-order valence-corrected chi connectivity index (χ4v) is 9.70. The molecule has 37 heavy (non-hydrogen) atoms. The van der Waals surface area contributed by atoms with E-state index >= 15 is 0 Å². The van der Waals surface area contributed by atoms with Crippen molar-refractivity contribution in [3.63, 3.8) is 0 Å². The van der Waals surface area contributed by atoms with E-state index in [0.29, 0.717) is 34.9 Å². The molecule has 4 aliphatic carbocycles. The van der Waals surface area contributed by atoms with E-state index in [-0.39, 0.29) is 11.6 Å². The molecule has 2 aliphatic heterocycles. The summed E-state index contributed by atoms with van der Waals surface area (Å²) in [5.74, 6) is 3.40. The smallest absolute Gasteiger partial charge is 0.279 e. The predicted octanol–water partition coefficient (Wildman–Crippen LogP) is 5.60. The van der Waals surface area contributed by atoms with E-state index in [0.717, 1.165) is 41.6 Å². The van der Waals surface area contributed by atoms with Crippen molar-refractivity contribution >= 4 is 11.0 Å². The Bertz CT molecular complexity index is 1420. The van der Waals surface area contributed by atoms with Crippen LogP contribution in [0.2, 0.25) is 0 Å². The first kappa shape index (κ1) is 22.3. The molecule has 2 aromatic heterocycles. The molecule has 192 valence electrons. The van der Waals surface area contributed by atoms with Crippen LogP contribution in [-0.2, 0) is 0 Å². The lowest BCUT2D eigenvalue weighted by Crippen LogP contribution is -2.75. The maximum Gasteiger partial charge on any atom is 0.279 e. The highest BCUT2D eigenvalue weighted by Crippen LogP contribution is 2.67. The number of hydrogen-bond donors (Lipinski definition) is 0. The zero-order valence-electron chi connectivity index (χ0n) is 21.7. The fraction of sp³-hybridized carbons (Fsp3) is 0.581. The van der Waals surface area contributed by atoms with Crippen molar-refractivity contribution in [1.82, 2.24) is 19.4 Å². The van der Waals surface area contributed by atoms with Crippen molar-refractivity contribution in [2.45, 2.75) is 87.9 Å². The molecular formula is C31H36N4O2. The molecule has 4 saturated carbocycles. The second-order valence-corrected chi connectivity index (χ2v) is 12.5. The minimum absolute atomic E-state index is 0.0189. The number of nitrogens with zero attached hydrogens (tertiary/aromatic N) is 4. The Morgan fingerprint density at radius 2 is 1.73 bits per heavy atom.